The first-order valence-electron chi connectivity index (χ1n) is 11.6. The number of nitrogens with one attached hydrogen (secondary N) is 1. The molecule has 0 aromatic heterocycles. The average Bonchev–Trinajstić information content (AvgIpc) is 2.71. The van der Waals surface area contributed by atoms with Crippen molar-refractivity contribution in [2.75, 3.05) is 25.5 Å². The Labute approximate surface area is 184 Å². The predicted molar refractivity (Wildman–Crippen MR) is 118 cm³/mol. The summed E-state index contributed by atoms with van der Waals surface area (Å²) in [4.78, 5) is 38.6. The highest BCUT2D eigenvalue weighted by Gasteiger charge is 2.51. The number of carbonyl (C=O) groups is 3. The van der Waals surface area contributed by atoms with Crippen LogP contribution < -0.4 is 5.32 Å². The van der Waals surface area contributed by atoms with E-state index in [4.69, 9.17) is 4.74 Å². The molecule has 0 radical (unpaired) electrons. The molecule has 6 nitrogen and oxygen atoms in total. The van der Waals surface area contributed by atoms with E-state index in [1.807, 2.05) is 31.2 Å². The summed E-state index contributed by atoms with van der Waals surface area (Å²) in [5, 5.41) is 2.86. The van der Waals surface area contributed by atoms with Gasteiger partial charge in [0.15, 0.2) is 6.61 Å². The van der Waals surface area contributed by atoms with E-state index in [-0.39, 0.29) is 36.4 Å². The highest BCUT2D eigenvalue weighted by Crippen LogP contribution is 2.61. The van der Waals surface area contributed by atoms with E-state index in [2.05, 4.69) is 5.32 Å². The molecular formula is C25H34N2O4. The number of likely N-dealkylation sites (N-methyl/N-ethyl adjacent to an activating group) is 1. The van der Waals surface area contributed by atoms with Crippen LogP contribution in [-0.4, -0.2) is 42.9 Å². The van der Waals surface area contributed by atoms with Gasteiger partial charge in [-0.25, -0.2) is 0 Å². The Morgan fingerprint density at radius 3 is 2.29 bits per heavy atom. The van der Waals surface area contributed by atoms with Crippen LogP contribution in [0.25, 0.3) is 0 Å². The van der Waals surface area contributed by atoms with Crippen LogP contribution >= 0.6 is 0 Å². The lowest BCUT2D eigenvalue weighted by Gasteiger charge is -2.56. The molecule has 31 heavy (non-hydrogen) atoms. The minimum Gasteiger partial charge on any atom is -0.456 e. The van der Waals surface area contributed by atoms with Gasteiger partial charge in [0, 0.05) is 12.7 Å². The SMILES string of the molecule is CCc1ccccc1NC(=O)CN(C)C(=O)COC(=O)CC12CC3CC(CC(C3)C1)C2. The molecule has 4 saturated carbocycles. The Morgan fingerprint density at radius 1 is 1.06 bits per heavy atom. The van der Waals surface area contributed by atoms with Crippen molar-refractivity contribution in [2.24, 2.45) is 23.2 Å². The molecule has 4 fully saturated rings. The second kappa shape index (κ2) is 9.01. The lowest BCUT2D eigenvalue weighted by molar-refractivity contribution is -0.157. The van der Waals surface area contributed by atoms with Gasteiger partial charge in [0.25, 0.3) is 5.91 Å². The summed E-state index contributed by atoms with van der Waals surface area (Å²) in [6, 6.07) is 7.62. The zero-order valence-electron chi connectivity index (χ0n) is 18.7. The number of nitrogens with zero attached hydrogens (tertiary/aromatic N) is 1. The maximum Gasteiger partial charge on any atom is 0.306 e. The number of hydrogen-bond acceptors (Lipinski definition) is 4. The number of para-hydroxylation sites is 1. The number of amides is 2. The zero-order chi connectivity index (χ0) is 22.0. The van der Waals surface area contributed by atoms with Crippen LogP contribution in [0.3, 0.4) is 0 Å². The Balaban J connectivity index is 1.22. The van der Waals surface area contributed by atoms with E-state index in [0.29, 0.717) is 6.42 Å². The van der Waals surface area contributed by atoms with Gasteiger partial charge >= 0.3 is 5.97 Å². The first-order valence-corrected chi connectivity index (χ1v) is 11.6. The Bertz CT molecular complexity index is 814. The van der Waals surface area contributed by atoms with Crippen molar-refractivity contribution in [1.82, 2.24) is 4.90 Å². The maximum atomic E-state index is 12.5. The molecule has 5 rings (SSSR count). The first-order chi connectivity index (χ1) is 14.9. The van der Waals surface area contributed by atoms with Gasteiger partial charge in [-0.2, -0.15) is 0 Å². The van der Waals surface area contributed by atoms with Crippen molar-refractivity contribution in [3.63, 3.8) is 0 Å². The van der Waals surface area contributed by atoms with Crippen LogP contribution in [0.5, 0.6) is 0 Å². The van der Waals surface area contributed by atoms with Gasteiger partial charge in [0.05, 0.1) is 13.0 Å². The molecule has 6 heteroatoms. The van der Waals surface area contributed by atoms with Crippen LogP contribution in [0.15, 0.2) is 24.3 Å². The lowest BCUT2D eigenvalue weighted by Crippen LogP contribution is -2.47. The van der Waals surface area contributed by atoms with Crippen LogP contribution in [-0.2, 0) is 25.5 Å². The molecule has 0 spiro atoms. The van der Waals surface area contributed by atoms with Crippen molar-refractivity contribution in [1.29, 1.82) is 0 Å². The molecule has 4 aliphatic carbocycles. The smallest absolute Gasteiger partial charge is 0.306 e. The van der Waals surface area contributed by atoms with Gasteiger partial charge in [0.2, 0.25) is 5.91 Å². The molecule has 1 N–H and O–H groups in total. The number of rotatable bonds is 8. The summed E-state index contributed by atoms with van der Waals surface area (Å²) in [6.07, 6.45) is 8.67. The van der Waals surface area contributed by atoms with Gasteiger partial charge in [0.1, 0.15) is 0 Å². The molecule has 2 amide bonds. The summed E-state index contributed by atoms with van der Waals surface area (Å²) in [5.41, 5.74) is 1.91. The fraction of sp³-hybridized carbons (Fsp3) is 0.640. The number of hydrogen-bond donors (Lipinski definition) is 1. The van der Waals surface area contributed by atoms with E-state index < -0.39 is 0 Å². The number of carbonyl (C=O) groups excluding carboxylic acids is 3. The summed E-state index contributed by atoms with van der Waals surface area (Å²) < 4.78 is 5.34. The largest absolute Gasteiger partial charge is 0.456 e. The molecule has 4 bridgehead atoms. The van der Waals surface area contributed by atoms with E-state index in [1.165, 1.54) is 24.2 Å². The van der Waals surface area contributed by atoms with Crippen LogP contribution in [0, 0.1) is 23.2 Å². The van der Waals surface area contributed by atoms with Gasteiger partial charge in [-0.1, -0.05) is 25.1 Å². The van der Waals surface area contributed by atoms with E-state index in [9.17, 15) is 14.4 Å². The van der Waals surface area contributed by atoms with Crippen molar-refractivity contribution in [2.45, 2.75) is 58.3 Å². The van der Waals surface area contributed by atoms with E-state index in [1.54, 1.807) is 7.05 Å². The minimum atomic E-state index is -0.363. The molecule has 0 atom stereocenters. The number of ether oxygens (including phenoxy) is 1. The third kappa shape index (κ3) is 5.10. The molecule has 0 saturated heterocycles. The lowest BCUT2D eigenvalue weighted by atomic mass is 9.49. The highest BCUT2D eigenvalue weighted by atomic mass is 16.5. The summed E-state index contributed by atoms with van der Waals surface area (Å²) in [7, 11) is 1.56. The van der Waals surface area contributed by atoms with E-state index in [0.717, 1.165) is 54.7 Å². The van der Waals surface area contributed by atoms with Gasteiger partial charge in [-0.3, -0.25) is 14.4 Å². The second-order valence-corrected chi connectivity index (χ2v) is 10.1. The minimum absolute atomic E-state index is 0.0800. The summed E-state index contributed by atoms with van der Waals surface area (Å²) >= 11 is 0. The van der Waals surface area contributed by atoms with Crippen molar-refractivity contribution >= 4 is 23.5 Å². The average molecular weight is 427 g/mol. The Morgan fingerprint density at radius 2 is 1.68 bits per heavy atom. The van der Waals surface area contributed by atoms with Crippen molar-refractivity contribution < 1.29 is 19.1 Å². The Kier molecular flexibility index (Phi) is 6.35. The standard InChI is InChI=1S/C25H34N2O4/c1-3-20-6-4-5-7-21(20)26-22(28)15-27(2)23(29)16-31-24(30)14-25-11-17-8-18(12-25)10-19(9-17)13-25/h4-7,17-19H,3,8-16H2,1-2H3,(H,26,28). The second-order valence-electron chi connectivity index (χ2n) is 10.1. The highest BCUT2D eigenvalue weighted by molar-refractivity contribution is 5.95. The third-order valence-corrected chi connectivity index (χ3v) is 7.52. The fourth-order valence-corrected chi connectivity index (χ4v) is 6.56. The fourth-order valence-electron chi connectivity index (χ4n) is 6.56. The van der Waals surface area contributed by atoms with Gasteiger partial charge in [-0.05, 0) is 79.7 Å². The molecular weight excluding hydrogens is 392 g/mol. The van der Waals surface area contributed by atoms with Gasteiger partial charge < -0.3 is 15.0 Å². The summed E-state index contributed by atoms with van der Waals surface area (Å²) in [6.45, 7) is 1.64. The summed E-state index contributed by atoms with van der Waals surface area (Å²) in [5.74, 6) is 1.44. The number of esters is 1. The normalized spacial score (nSPS) is 28.3. The van der Waals surface area contributed by atoms with Crippen LogP contribution in [0.2, 0.25) is 0 Å². The van der Waals surface area contributed by atoms with Crippen LogP contribution in [0.4, 0.5) is 5.69 Å². The van der Waals surface area contributed by atoms with Crippen molar-refractivity contribution in [3.8, 4) is 0 Å². The molecule has 0 unspecified atom stereocenters. The number of benzene rings is 1. The molecule has 0 heterocycles. The van der Waals surface area contributed by atoms with Crippen LogP contribution in [0.1, 0.15) is 57.4 Å². The molecule has 1 aromatic carbocycles. The number of aryl methyl sites for hydroxylation is 1. The molecule has 168 valence electrons. The van der Waals surface area contributed by atoms with E-state index >= 15 is 0 Å². The maximum absolute atomic E-state index is 12.5. The predicted octanol–water partition coefficient (Wildman–Crippen LogP) is 3.80. The third-order valence-electron chi connectivity index (χ3n) is 7.52. The van der Waals surface area contributed by atoms with Gasteiger partial charge in [-0.15, -0.1) is 0 Å². The topological polar surface area (TPSA) is 75.7 Å². The number of anilines is 1. The zero-order valence-corrected chi connectivity index (χ0v) is 18.7. The quantitative estimate of drug-likeness (QED) is 0.642. The van der Waals surface area contributed by atoms with Crippen molar-refractivity contribution in [3.05, 3.63) is 29.8 Å². The molecule has 4 aliphatic rings. The monoisotopic (exact) mass is 426 g/mol. The molecule has 1 aromatic rings. The Hall–Kier alpha value is -2.37. The first kappa shape index (κ1) is 21.8. The molecule has 0 aliphatic heterocycles.